The van der Waals surface area contributed by atoms with Crippen molar-refractivity contribution in [1.29, 1.82) is 0 Å². The smallest absolute Gasteiger partial charge is 0.0226 e. The lowest BCUT2D eigenvalue weighted by atomic mass is 10.0. The van der Waals surface area contributed by atoms with Gasteiger partial charge in [-0.2, -0.15) is 0 Å². The molecule has 1 rings (SSSR count). The third-order valence-electron chi connectivity index (χ3n) is 3.11. The lowest BCUT2D eigenvalue weighted by molar-refractivity contribution is 0.155. The van der Waals surface area contributed by atoms with Gasteiger partial charge in [-0.25, -0.2) is 0 Å². The SMILES string of the molecule is CCC1CN(C)CCCN1CC(C)(C)N. The van der Waals surface area contributed by atoms with Crippen molar-refractivity contribution in [3.05, 3.63) is 0 Å². The average Bonchev–Trinajstić information content (AvgIpc) is 2.25. The number of rotatable bonds is 3. The summed E-state index contributed by atoms with van der Waals surface area (Å²) in [5.41, 5.74) is 6.04. The van der Waals surface area contributed by atoms with Crippen molar-refractivity contribution in [3.63, 3.8) is 0 Å². The highest BCUT2D eigenvalue weighted by Crippen LogP contribution is 2.14. The van der Waals surface area contributed by atoms with E-state index in [1.807, 2.05) is 0 Å². The average molecular weight is 213 g/mol. The molecule has 1 heterocycles. The Kier molecular flexibility index (Phi) is 4.56. The molecule has 1 unspecified atom stereocenters. The van der Waals surface area contributed by atoms with Gasteiger partial charge < -0.3 is 10.6 Å². The Labute approximate surface area is 94.6 Å². The van der Waals surface area contributed by atoms with Crippen LogP contribution in [0.25, 0.3) is 0 Å². The molecule has 0 spiro atoms. The Balaban J connectivity index is 2.59. The van der Waals surface area contributed by atoms with Crippen LogP contribution in [0.3, 0.4) is 0 Å². The fourth-order valence-corrected chi connectivity index (χ4v) is 2.41. The summed E-state index contributed by atoms with van der Waals surface area (Å²) in [6.45, 7) is 11.1. The van der Waals surface area contributed by atoms with Gasteiger partial charge in [0.15, 0.2) is 0 Å². The van der Waals surface area contributed by atoms with Crippen molar-refractivity contribution >= 4 is 0 Å². The van der Waals surface area contributed by atoms with Crippen molar-refractivity contribution in [2.45, 2.75) is 45.2 Å². The minimum atomic E-state index is -0.0731. The fraction of sp³-hybridized carbons (Fsp3) is 1.00. The lowest BCUT2D eigenvalue weighted by Crippen LogP contribution is -2.50. The molecule has 90 valence electrons. The fourth-order valence-electron chi connectivity index (χ4n) is 2.41. The Morgan fingerprint density at radius 2 is 2.00 bits per heavy atom. The molecule has 15 heavy (non-hydrogen) atoms. The molecule has 1 aliphatic heterocycles. The molecule has 1 saturated heterocycles. The van der Waals surface area contributed by atoms with Crippen LogP contribution in [0.15, 0.2) is 0 Å². The van der Waals surface area contributed by atoms with Crippen LogP contribution in [0.5, 0.6) is 0 Å². The monoisotopic (exact) mass is 213 g/mol. The van der Waals surface area contributed by atoms with Crippen molar-refractivity contribution in [3.8, 4) is 0 Å². The van der Waals surface area contributed by atoms with Crippen molar-refractivity contribution in [1.82, 2.24) is 9.80 Å². The summed E-state index contributed by atoms with van der Waals surface area (Å²) in [4.78, 5) is 5.02. The highest BCUT2D eigenvalue weighted by Gasteiger charge is 2.25. The molecule has 3 heteroatoms. The number of hydrogen-bond donors (Lipinski definition) is 1. The zero-order valence-electron chi connectivity index (χ0n) is 10.8. The molecule has 0 aromatic carbocycles. The molecule has 0 aromatic heterocycles. The van der Waals surface area contributed by atoms with Crippen LogP contribution in [0.4, 0.5) is 0 Å². The van der Waals surface area contributed by atoms with E-state index in [9.17, 15) is 0 Å². The molecule has 0 aromatic rings. The summed E-state index contributed by atoms with van der Waals surface area (Å²) in [7, 11) is 2.22. The van der Waals surface area contributed by atoms with Gasteiger partial charge in [-0.05, 0) is 46.8 Å². The van der Waals surface area contributed by atoms with E-state index in [1.54, 1.807) is 0 Å². The number of nitrogens with two attached hydrogens (primary N) is 1. The lowest BCUT2D eigenvalue weighted by Gasteiger charge is -2.35. The summed E-state index contributed by atoms with van der Waals surface area (Å²) in [6, 6.07) is 0.681. The topological polar surface area (TPSA) is 32.5 Å². The van der Waals surface area contributed by atoms with Crippen LogP contribution in [0.1, 0.15) is 33.6 Å². The van der Waals surface area contributed by atoms with Gasteiger partial charge in [-0.3, -0.25) is 4.90 Å². The van der Waals surface area contributed by atoms with E-state index in [4.69, 9.17) is 5.73 Å². The van der Waals surface area contributed by atoms with Crippen LogP contribution in [0.2, 0.25) is 0 Å². The quantitative estimate of drug-likeness (QED) is 0.763. The molecule has 2 N–H and O–H groups in total. The molecule has 1 fully saturated rings. The van der Waals surface area contributed by atoms with Crippen molar-refractivity contribution in [2.24, 2.45) is 5.73 Å². The van der Waals surface area contributed by atoms with E-state index in [1.165, 1.54) is 32.5 Å². The molecule has 0 radical (unpaired) electrons. The first-order valence-corrected chi connectivity index (χ1v) is 6.14. The summed E-state index contributed by atoms with van der Waals surface area (Å²) in [5, 5.41) is 0. The first-order chi connectivity index (χ1) is 6.92. The molecule has 0 amide bonds. The van der Waals surface area contributed by atoms with Crippen molar-refractivity contribution in [2.75, 3.05) is 33.2 Å². The summed E-state index contributed by atoms with van der Waals surface area (Å²) in [6.07, 6.45) is 2.49. The Morgan fingerprint density at radius 1 is 1.33 bits per heavy atom. The molecular weight excluding hydrogens is 186 g/mol. The van der Waals surface area contributed by atoms with E-state index in [0.29, 0.717) is 6.04 Å². The third-order valence-corrected chi connectivity index (χ3v) is 3.11. The van der Waals surface area contributed by atoms with Crippen molar-refractivity contribution < 1.29 is 0 Å². The van der Waals surface area contributed by atoms with E-state index in [0.717, 1.165) is 6.54 Å². The molecule has 1 atom stereocenters. The standard InChI is InChI=1S/C12H27N3/c1-5-11-9-14(4)7-6-8-15(11)10-12(2,3)13/h11H,5-10,13H2,1-4H3. The van der Waals surface area contributed by atoms with Gasteiger partial charge in [0.1, 0.15) is 0 Å². The Bertz CT molecular complexity index is 186. The highest BCUT2D eigenvalue weighted by atomic mass is 15.2. The molecule has 3 nitrogen and oxygen atoms in total. The van der Waals surface area contributed by atoms with E-state index >= 15 is 0 Å². The maximum Gasteiger partial charge on any atom is 0.0226 e. The molecule has 0 saturated carbocycles. The van der Waals surface area contributed by atoms with Crippen LogP contribution < -0.4 is 5.73 Å². The minimum absolute atomic E-state index is 0.0731. The molecule has 0 bridgehead atoms. The van der Waals surface area contributed by atoms with E-state index in [2.05, 4.69) is 37.6 Å². The van der Waals surface area contributed by atoms with E-state index < -0.39 is 0 Å². The maximum absolute atomic E-state index is 6.11. The number of likely N-dealkylation sites (N-methyl/N-ethyl adjacent to an activating group) is 1. The van der Waals surface area contributed by atoms with Crippen LogP contribution >= 0.6 is 0 Å². The second kappa shape index (κ2) is 5.28. The van der Waals surface area contributed by atoms with Gasteiger partial charge in [-0.1, -0.05) is 6.92 Å². The van der Waals surface area contributed by atoms with E-state index in [-0.39, 0.29) is 5.54 Å². The predicted molar refractivity (Wildman–Crippen MR) is 66.0 cm³/mol. The van der Waals surface area contributed by atoms with Gasteiger partial charge in [0.2, 0.25) is 0 Å². The summed E-state index contributed by atoms with van der Waals surface area (Å²) in [5.74, 6) is 0. The van der Waals surface area contributed by atoms with Gasteiger partial charge in [0.05, 0.1) is 0 Å². The molecular formula is C12H27N3. The zero-order chi connectivity index (χ0) is 11.5. The zero-order valence-corrected chi connectivity index (χ0v) is 10.8. The Morgan fingerprint density at radius 3 is 2.53 bits per heavy atom. The van der Waals surface area contributed by atoms with Gasteiger partial charge >= 0.3 is 0 Å². The number of nitrogens with zero attached hydrogens (tertiary/aromatic N) is 2. The minimum Gasteiger partial charge on any atom is -0.324 e. The van der Waals surface area contributed by atoms with Gasteiger partial charge in [-0.15, -0.1) is 0 Å². The molecule has 0 aliphatic carbocycles. The summed E-state index contributed by atoms with van der Waals surface area (Å²) < 4.78 is 0. The first kappa shape index (κ1) is 12.9. The largest absolute Gasteiger partial charge is 0.324 e. The Hall–Kier alpha value is -0.120. The second-order valence-corrected chi connectivity index (χ2v) is 5.64. The molecule has 1 aliphatic rings. The maximum atomic E-state index is 6.11. The van der Waals surface area contributed by atoms with Crippen LogP contribution in [-0.4, -0.2) is 54.6 Å². The summed E-state index contributed by atoms with van der Waals surface area (Å²) >= 11 is 0. The predicted octanol–water partition coefficient (Wildman–Crippen LogP) is 1.14. The van der Waals surface area contributed by atoms with Crippen LogP contribution in [0, 0.1) is 0 Å². The normalized spacial score (nSPS) is 26.6. The van der Waals surface area contributed by atoms with Crippen LogP contribution in [-0.2, 0) is 0 Å². The number of hydrogen-bond acceptors (Lipinski definition) is 3. The second-order valence-electron chi connectivity index (χ2n) is 5.64. The van der Waals surface area contributed by atoms with Gasteiger partial charge in [0.25, 0.3) is 0 Å². The third kappa shape index (κ3) is 4.49. The highest BCUT2D eigenvalue weighted by molar-refractivity contribution is 4.84. The van der Waals surface area contributed by atoms with Gasteiger partial charge in [0, 0.05) is 24.7 Å². The first-order valence-electron chi connectivity index (χ1n) is 6.14.